The van der Waals surface area contributed by atoms with Crippen LogP contribution in [0.25, 0.3) is 0 Å². The monoisotopic (exact) mass is 462 g/mol. The number of nitrogens with one attached hydrogen (secondary N) is 3. The Morgan fingerprint density at radius 1 is 0.594 bits per heavy atom. The van der Waals surface area contributed by atoms with E-state index >= 15 is 0 Å². The molecule has 0 aliphatic carbocycles. The third-order valence-electron chi connectivity index (χ3n) is 3.54. The average molecular weight is 462 g/mol. The number of hydrogen-bond acceptors (Lipinski definition) is 10. The summed E-state index contributed by atoms with van der Waals surface area (Å²) in [5.74, 6) is -5.74. The summed E-state index contributed by atoms with van der Waals surface area (Å²) in [4.78, 5) is 79.5. The van der Waals surface area contributed by atoms with Gasteiger partial charge in [-0.05, 0) is 6.92 Å². The Balaban J connectivity index is 4.23. The van der Waals surface area contributed by atoms with Crippen molar-refractivity contribution in [3.05, 3.63) is 0 Å². The van der Waals surface area contributed by atoms with Crippen molar-refractivity contribution >= 4 is 41.2 Å². The molecule has 180 valence electrons. The third-order valence-corrected chi connectivity index (χ3v) is 3.54. The van der Waals surface area contributed by atoms with Crippen molar-refractivity contribution in [3.8, 4) is 0 Å². The molecular formula is C16H26N6O10. The minimum absolute atomic E-state index is 0.00997. The van der Waals surface area contributed by atoms with Gasteiger partial charge in [0.1, 0.15) is 38.6 Å². The summed E-state index contributed by atoms with van der Waals surface area (Å²) in [6, 6.07) is 0. The summed E-state index contributed by atoms with van der Waals surface area (Å²) < 4.78 is 0. The first-order chi connectivity index (χ1) is 14.8. The fourth-order valence-corrected chi connectivity index (χ4v) is 1.74. The van der Waals surface area contributed by atoms with Crippen LogP contribution in [-0.4, -0.2) is 92.0 Å². The average Bonchev–Trinajstić information content (AvgIpc) is 2.71. The molecule has 0 fully saturated rings. The predicted molar refractivity (Wildman–Crippen MR) is 99.7 cm³/mol. The molecule has 0 saturated carbocycles. The molecule has 32 heavy (non-hydrogen) atoms. The predicted octanol–water partition coefficient (Wildman–Crippen LogP) is -2.97. The van der Waals surface area contributed by atoms with Crippen molar-refractivity contribution in [2.75, 3.05) is 20.0 Å². The standard InChI is InChI=1S/C16H26N6O10/c1-10(23)3-4-12(25)17-8-21(31)15(28)6-14(27)19-9-22(32)16(29)5-13(26)18-7-20(30)11(2)24/h30-32H,3-9H2,1-2H3,(H,17,25)(H,18,26)(H,19,27). The van der Waals surface area contributed by atoms with E-state index in [9.17, 15) is 44.0 Å². The van der Waals surface area contributed by atoms with Gasteiger partial charge in [0.05, 0.1) is 0 Å². The minimum Gasteiger partial charge on any atom is -0.336 e. The van der Waals surface area contributed by atoms with Crippen molar-refractivity contribution in [3.63, 3.8) is 0 Å². The number of Topliss-reactive ketones (excluding diaryl/α,β-unsaturated/α-hetero) is 1. The highest BCUT2D eigenvalue weighted by atomic mass is 16.5. The molecule has 0 radical (unpaired) electrons. The molecule has 0 atom stereocenters. The van der Waals surface area contributed by atoms with Crippen molar-refractivity contribution < 1.29 is 49.2 Å². The topological polar surface area (TPSA) is 226 Å². The lowest BCUT2D eigenvalue weighted by Crippen LogP contribution is -2.44. The first-order valence-corrected chi connectivity index (χ1v) is 9.08. The van der Waals surface area contributed by atoms with Crippen LogP contribution in [0.3, 0.4) is 0 Å². The van der Waals surface area contributed by atoms with Crippen LogP contribution >= 0.6 is 0 Å². The zero-order valence-electron chi connectivity index (χ0n) is 17.5. The molecule has 0 saturated heterocycles. The zero-order chi connectivity index (χ0) is 24.8. The Bertz CT molecular complexity index is 743. The number of rotatable bonds is 13. The Labute approximate surface area is 182 Å². The highest BCUT2D eigenvalue weighted by Crippen LogP contribution is 1.94. The molecule has 0 aliphatic heterocycles. The molecule has 0 bridgehead atoms. The molecular weight excluding hydrogens is 436 g/mol. The molecule has 16 heteroatoms. The van der Waals surface area contributed by atoms with Crippen LogP contribution in [0, 0.1) is 0 Å². The van der Waals surface area contributed by atoms with Crippen molar-refractivity contribution in [2.24, 2.45) is 0 Å². The van der Waals surface area contributed by atoms with Gasteiger partial charge in [-0.3, -0.25) is 44.4 Å². The lowest BCUT2D eigenvalue weighted by molar-refractivity contribution is -0.170. The fourth-order valence-electron chi connectivity index (χ4n) is 1.74. The van der Waals surface area contributed by atoms with Crippen LogP contribution in [0.2, 0.25) is 0 Å². The van der Waals surface area contributed by atoms with E-state index in [1.54, 1.807) is 0 Å². The summed E-state index contributed by atoms with van der Waals surface area (Å²) in [5.41, 5.74) is 0. The van der Waals surface area contributed by atoms with E-state index in [0.717, 1.165) is 6.92 Å². The van der Waals surface area contributed by atoms with Crippen molar-refractivity contribution in [1.82, 2.24) is 31.1 Å². The maximum Gasteiger partial charge on any atom is 0.257 e. The van der Waals surface area contributed by atoms with Crippen LogP contribution < -0.4 is 16.0 Å². The van der Waals surface area contributed by atoms with Gasteiger partial charge in [0.2, 0.25) is 23.6 Å². The van der Waals surface area contributed by atoms with Gasteiger partial charge >= 0.3 is 0 Å². The Hall–Kier alpha value is -3.63. The Morgan fingerprint density at radius 2 is 0.969 bits per heavy atom. The first-order valence-electron chi connectivity index (χ1n) is 9.08. The van der Waals surface area contributed by atoms with E-state index in [0.29, 0.717) is 0 Å². The largest absolute Gasteiger partial charge is 0.336 e. The summed E-state index contributed by atoms with van der Waals surface area (Å²) in [5, 5.41) is 34.5. The van der Waals surface area contributed by atoms with Gasteiger partial charge in [-0.2, -0.15) is 0 Å². The Morgan fingerprint density at radius 3 is 1.34 bits per heavy atom. The maximum absolute atomic E-state index is 11.7. The number of carbonyl (C=O) groups excluding carboxylic acids is 7. The molecule has 6 N–H and O–H groups in total. The van der Waals surface area contributed by atoms with Gasteiger partial charge in [-0.1, -0.05) is 0 Å². The molecule has 0 heterocycles. The minimum atomic E-state index is -1.14. The second kappa shape index (κ2) is 14.4. The van der Waals surface area contributed by atoms with E-state index < -0.39 is 68.3 Å². The summed E-state index contributed by atoms with van der Waals surface area (Å²) in [6.07, 6.45) is -1.90. The van der Waals surface area contributed by atoms with E-state index in [1.165, 1.54) is 6.92 Å². The van der Waals surface area contributed by atoms with E-state index in [4.69, 9.17) is 5.21 Å². The molecule has 0 aliphatic rings. The summed E-state index contributed by atoms with van der Waals surface area (Å²) in [7, 11) is 0. The molecule has 6 amide bonds. The number of nitrogens with zero attached hydrogens (tertiary/aromatic N) is 3. The third kappa shape index (κ3) is 12.8. The molecule has 0 unspecified atom stereocenters. The van der Waals surface area contributed by atoms with E-state index in [-0.39, 0.29) is 33.8 Å². The number of carbonyl (C=O) groups is 7. The SMILES string of the molecule is CC(=O)CCC(=O)NCN(O)C(=O)CC(=O)NCN(O)C(=O)CC(=O)NCN(O)C(C)=O. The zero-order valence-corrected chi connectivity index (χ0v) is 17.5. The fraction of sp³-hybridized carbons (Fsp3) is 0.562. The molecule has 0 aromatic rings. The quantitative estimate of drug-likeness (QED) is 0.0705. The van der Waals surface area contributed by atoms with Gasteiger partial charge in [0.25, 0.3) is 11.8 Å². The molecule has 0 aromatic heterocycles. The Kier molecular flexibility index (Phi) is 12.8. The molecule has 0 aromatic carbocycles. The van der Waals surface area contributed by atoms with E-state index in [1.807, 2.05) is 10.6 Å². The maximum atomic E-state index is 11.7. The second-order valence-electron chi connectivity index (χ2n) is 6.33. The van der Waals surface area contributed by atoms with E-state index in [2.05, 4.69) is 5.32 Å². The second-order valence-corrected chi connectivity index (χ2v) is 6.33. The lowest BCUT2D eigenvalue weighted by Gasteiger charge is -2.18. The van der Waals surface area contributed by atoms with Crippen LogP contribution in [0.1, 0.15) is 39.5 Å². The number of hydrogen-bond donors (Lipinski definition) is 6. The first kappa shape index (κ1) is 28.4. The molecule has 16 nitrogen and oxygen atoms in total. The van der Waals surface area contributed by atoms with Crippen LogP contribution in [0.15, 0.2) is 0 Å². The number of ketones is 1. The van der Waals surface area contributed by atoms with Crippen LogP contribution in [0.5, 0.6) is 0 Å². The highest BCUT2D eigenvalue weighted by Gasteiger charge is 2.20. The lowest BCUT2D eigenvalue weighted by atomic mass is 10.2. The number of amides is 6. The van der Waals surface area contributed by atoms with Gasteiger partial charge in [-0.25, -0.2) is 15.2 Å². The molecule has 0 spiro atoms. The summed E-state index contributed by atoms with van der Waals surface area (Å²) in [6.45, 7) is 0.329. The van der Waals surface area contributed by atoms with Crippen molar-refractivity contribution in [1.29, 1.82) is 0 Å². The van der Waals surface area contributed by atoms with Crippen LogP contribution in [-0.2, 0) is 33.6 Å². The normalized spacial score (nSPS) is 9.91. The smallest absolute Gasteiger partial charge is 0.257 e. The van der Waals surface area contributed by atoms with Gasteiger partial charge in [0.15, 0.2) is 0 Å². The van der Waals surface area contributed by atoms with Crippen molar-refractivity contribution in [2.45, 2.75) is 39.5 Å². The van der Waals surface area contributed by atoms with Crippen LogP contribution in [0.4, 0.5) is 0 Å². The summed E-state index contributed by atoms with van der Waals surface area (Å²) >= 11 is 0. The number of hydroxylamine groups is 6. The molecule has 0 rings (SSSR count). The van der Waals surface area contributed by atoms with Gasteiger partial charge in [0, 0.05) is 19.8 Å². The highest BCUT2D eigenvalue weighted by molar-refractivity contribution is 5.98. The van der Waals surface area contributed by atoms with Gasteiger partial charge in [-0.15, -0.1) is 0 Å². The van der Waals surface area contributed by atoms with Gasteiger partial charge < -0.3 is 20.7 Å².